The average Bonchev–Trinajstić information content (AvgIpc) is 3.16. The van der Waals surface area contributed by atoms with Crippen molar-refractivity contribution in [3.63, 3.8) is 0 Å². The van der Waals surface area contributed by atoms with Gasteiger partial charge in [0.15, 0.2) is 5.82 Å². The number of carbonyl (C=O) groups is 1. The monoisotopic (exact) mass is 403 g/mol. The van der Waals surface area contributed by atoms with Gasteiger partial charge in [-0.05, 0) is 49.2 Å². The Hall–Kier alpha value is -4.05. The maximum atomic E-state index is 12.2. The fourth-order valence-corrected chi connectivity index (χ4v) is 2.61. The summed E-state index contributed by atoms with van der Waals surface area (Å²) in [6, 6.07) is 18.3. The van der Waals surface area contributed by atoms with E-state index in [1.54, 1.807) is 37.3 Å². The molecule has 0 atom stereocenters. The zero-order valence-electron chi connectivity index (χ0n) is 16.7. The number of nitrogens with one attached hydrogen (secondary N) is 1. The molecule has 0 aliphatic carbocycles. The Morgan fingerprint density at radius 2 is 1.87 bits per heavy atom. The van der Waals surface area contributed by atoms with E-state index in [1.807, 2.05) is 37.3 Å². The van der Waals surface area contributed by atoms with Crippen molar-refractivity contribution >= 4 is 17.8 Å². The van der Waals surface area contributed by atoms with E-state index in [9.17, 15) is 10.1 Å². The Labute approximate surface area is 174 Å². The summed E-state index contributed by atoms with van der Waals surface area (Å²) in [5, 5.41) is 15.5. The standard InChI is InChI=1S/C23H21N3O4/c1-16-5-3-4-6-21(16)29-12-11-28-20-9-7-18(8-10-20)14-19(15-24)23(27)25-22-13-17(2)30-26-22/h3-10,13-14H,11-12H2,1-2H3,(H,25,26,27). The molecule has 1 aromatic heterocycles. The normalized spacial score (nSPS) is 10.9. The fraction of sp³-hybridized carbons (Fsp3) is 0.174. The number of anilines is 1. The van der Waals surface area contributed by atoms with Crippen molar-refractivity contribution in [3.05, 3.63) is 77.1 Å². The van der Waals surface area contributed by atoms with Crippen LogP contribution in [0.15, 0.2) is 64.7 Å². The molecule has 0 saturated carbocycles. The third-order valence-electron chi connectivity index (χ3n) is 4.13. The summed E-state index contributed by atoms with van der Waals surface area (Å²) in [7, 11) is 0. The molecule has 1 heterocycles. The van der Waals surface area contributed by atoms with Crippen LogP contribution in [0.4, 0.5) is 5.82 Å². The van der Waals surface area contributed by atoms with Gasteiger partial charge in [0, 0.05) is 6.07 Å². The smallest absolute Gasteiger partial charge is 0.267 e. The Morgan fingerprint density at radius 1 is 1.13 bits per heavy atom. The van der Waals surface area contributed by atoms with E-state index in [-0.39, 0.29) is 11.4 Å². The molecule has 0 aliphatic heterocycles. The quantitative estimate of drug-likeness (QED) is 0.342. The number of nitriles is 1. The first-order valence-corrected chi connectivity index (χ1v) is 9.33. The Morgan fingerprint density at radius 3 is 2.53 bits per heavy atom. The second-order valence-corrected chi connectivity index (χ2v) is 6.48. The lowest BCUT2D eigenvalue weighted by Gasteiger charge is -2.10. The van der Waals surface area contributed by atoms with Crippen LogP contribution in [0.3, 0.4) is 0 Å². The number of hydrogen-bond donors (Lipinski definition) is 1. The molecule has 30 heavy (non-hydrogen) atoms. The summed E-state index contributed by atoms with van der Waals surface area (Å²) in [5.41, 5.74) is 1.72. The largest absolute Gasteiger partial charge is 0.490 e. The van der Waals surface area contributed by atoms with Gasteiger partial charge in [-0.15, -0.1) is 0 Å². The predicted octanol–water partition coefficient (Wildman–Crippen LogP) is 4.29. The second kappa shape index (κ2) is 9.94. The van der Waals surface area contributed by atoms with Gasteiger partial charge in [-0.2, -0.15) is 5.26 Å². The summed E-state index contributed by atoms with van der Waals surface area (Å²) in [6.07, 6.45) is 1.49. The van der Waals surface area contributed by atoms with Gasteiger partial charge in [-0.3, -0.25) is 4.79 Å². The van der Waals surface area contributed by atoms with Crippen molar-refractivity contribution < 1.29 is 18.8 Å². The fourth-order valence-electron chi connectivity index (χ4n) is 2.61. The van der Waals surface area contributed by atoms with Crippen LogP contribution >= 0.6 is 0 Å². The topological polar surface area (TPSA) is 97.4 Å². The lowest BCUT2D eigenvalue weighted by Crippen LogP contribution is -2.13. The maximum Gasteiger partial charge on any atom is 0.267 e. The lowest BCUT2D eigenvalue weighted by molar-refractivity contribution is -0.112. The zero-order chi connectivity index (χ0) is 21.3. The van der Waals surface area contributed by atoms with Crippen molar-refractivity contribution in [3.8, 4) is 17.6 Å². The van der Waals surface area contributed by atoms with Crippen molar-refractivity contribution in [2.24, 2.45) is 0 Å². The first-order chi connectivity index (χ1) is 14.5. The molecule has 1 amide bonds. The number of carbonyl (C=O) groups excluding carboxylic acids is 1. The Kier molecular flexibility index (Phi) is 6.85. The molecule has 0 unspecified atom stereocenters. The molecule has 1 N–H and O–H groups in total. The summed E-state index contributed by atoms with van der Waals surface area (Å²) >= 11 is 0. The number of amides is 1. The van der Waals surface area contributed by atoms with Crippen LogP contribution in [-0.4, -0.2) is 24.3 Å². The van der Waals surface area contributed by atoms with Crippen LogP contribution in [0.5, 0.6) is 11.5 Å². The van der Waals surface area contributed by atoms with Crippen LogP contribution < -0.4 is 14.8 Å². The highest BCUT2D eigenvalue weighted by Gasteiger charge is 2.11. The van der Waals surface area contributed by atoms with Crippen LogP contribution in [0.25, 0.3) is 6.08 Å². The molecule has 0 aliphatic rings. The van der Waals surface area contributed by atoms with Gasteiger partial charge in [-0.1, -0.05) is 35.5 Å². The van der Waals surface area contributed by atoms with Gasteiger partial charge < -0.3 is 19.3 Å². The molecule has 7 nitrogen and oxygen atoms in total. The molecule has 0 bridgehead atoms. The van der Waals surface area contributed by atoms with Gasteiger partial charge in [0.1, 0.15) is 42.1 Å². The molecule has 0 spiro atoms. The maximum absolute atomic E-state index is 12.2. The SMILES string of the molecule is Cc1cc(NC(=O)C(C#N)=Cc2ccc(OCCOc3ccccc3C)cc2)no1. The van der Waals surface area contributed by atoms with E-state index in [0.717, 1.165) is 11.3 Å². The molecule has 3 aromatic rings. The number of rotatable bonds is 8. The number of aromatic nitrogens is 1. The van der Waals surface area contributed by atoms with Gasteiger partial charge >= 0.3 is 0 Å². The zero-order valence-corrected chi connectivity index (χ0v) is 16.7. The molecule has 3 rings (SSSR count). The first kappa shape index (κ1) is 20.7. The molecule has 0 saturated heterocycles. The Balaban J connectivity index is 1.53. The van der Waals surface area contributed by atoms with Crippen molar-refractivity contribution in [1.29, 1.82) is 5.26 Å². The highest BCUT2D eigenvalue weighted by atomic mass is 16.5. The van der Waals surface area contributed by atoms with Gasteiger partial charge in [-0.25, -0.2) is 0 Å². The van der Waals surface area contributed by atoms with Gasteiger partial charge in [0.25, 0.3) is 5.91 Å². The molecule has 152 valence electrons. The Bertz CT molecular complexity index is 1080. The number of para-hydroxylation sites is 1. The third kappa shape index (κ3) is 5.72. The van der Waals surface area contributed by atoms with Crippen LogP contribution in [0, 0.1) is 25.2 Å². The molecule has 0 radical (unpaired) electrons. The number of aryl methyl sites for hydroxylation is 2. The first-order valence-electron chi connectivity index (χ1n) is 9.33. The van der Waals surface area contributed by atoms with E-state index in [0.29, 0.717) is 30.3 Å². The van der Waals surface area contributed by atoms with E-state index in [2.05, 4.69) is 10.5 Å². The molecule has 0 fully saturated rings. The highest BCUT2D eigenvalue weighted by Crippen LogP contribution is 2.17. The van der Waals surface area contributed by atoms with E-state index < -0.39 is 5.91 Å². The van der Waals surface area contributed by atoms with E-state index >= 15 is 0 Å². The molecular formula is C23H21N3O4. The summed E-state index contributed by atoms with van der Waals surface area (Å²) in [6.45, 7) is 4.52. The summed E-state index contributed by atoms with van der Waals surface area (Å²) in [5.74, 6) is 1.77. The minimum absolute atomic E-state index is 0.0454. The number of benzene rings is 2. The number of hydrogen-bond acceptors (Lipinski definition) is 6. The van der Waals surface area contributed by atoms with E-state index in [1.165, 1.54) is 6.08 Å². The van der Waals surface area contributed by atoms with Crippen LogP contribution in [-0.2, 0) is 4.79 Å². The predicted molar refractivity (Wildman–Crippen MR) is 112 cm³/mol. The van der Waals surface area contributed by atoms with Crippen LogP contribution in [0.1, 0.15) is 16.9 Å². The minimum atomic E-state index is -0.556. The highest BCUT2D eigenvalue weighted by molar-refractivity contribution is 6.09. The summed E-state index contributed by atoms with van der Waals surface area (Å²) in [4.78, 5) is 12.2. The van der Waals surface area contributed by atoms with Crippen molar-refractivity contribution in [2.75, 3.05) is 18.5 Å². The molecule has 7 heteroatoms. The van der Waals surface area contributed by atoms with Gasteiger partial charge in [0.2, 0.25) is 0 Å². The third-order valence-corrected chi connectivity index (χ3v) is 4.13. The second-order valence-electron chi connectivity index (χ2n) is 6.48. The lowest BCUT2D eigenvalue weighted by atomic mass is 10.1. The summed E-state index contributed by atoms with van der Waals surface area (Å²) < 4.78 is 16.3. The van der Waals surface area contributed by atoms with E-state index in [4.69, 9.17) is 14.0 Å². The molecule has 2 aromatic carbocycles. The van der Waals surface area contributed by atoms with Crippen LogP contribution in [0.2, 0.25) is 0 Å². The average molecular weight is 403 g/mol. The van der Waals surface area contributed by atoms with Gasteiger partial charge in [0.05, 0.1) is 0 Å². The minimum Gasteiger partial charge on any atom is -0.490 e. The van der Waals surface area contributed by atoms with Crippen molar-refractivity contribution in [2.45, 2.75) is 13.8 Å². The van der Waals surface area contributed by atoms with Crippen molar-refractivity contribution in [1.82, 2.24) is 5.16 Å². The number of ether oxygens (including phenoxy) is 2. The number of nitrogens with zero attached hydrogens (tertiary/aromatic N) is 2. The molecular weight excluding hydrogens is 382 g/mol.